The summed E-state index contributed by atoms with van der Waals surface area (Å²) >= 11 is 0. The number of rotatable bonds is 7. The van der Waals surface area contributed by atoms with Gasteiger partial charge in [-0.05, 0) is 38.0 Å². The van der Waals surface area contributed by atoms with Crippen LogP contribution in [0.15, 0.2) is 54.6 Å². The van der Waals surface area contributed by atoms with Crippen LogP contribution < -0.4 is 15.4 Å². The molecule has 2 aromatic carbocycles. The quantitative estimate of drug-likeness (QED) is 0.725. The van der Waals surface area contributed by atoms with E-state index in [4.69, 9.17) is 4.74 Å². The van der Waals surface area contributed by atoms with Crippen LogP contribution >= 0.6 is 0 Å². The zero-order chi connectivity index (χ0) is 17.4. The lowest BCUT2D eigenvalue weighted by Crippen LogP contribution is -2.37. The number of hydrogen-bond acceptors (Lipinski definition) is 3. The molecule has 3 N–H and O–H groups in total. The summed E-state index contributed by atoms with van der Waals surface area (Å²) in [5.74, 6) is 0.711. The van der Waals surface area contributed by atoms with Crippen molar-refractivity contribution in [3.63, 3.8) is 0 Å². The van der Waals surface area contributed by atoms with Crippen LogP contribution in [0.5, 0.6) is 5.75 Å². The average Bonchev–Trinajstić information content (AvgIpc) is 2.56. The van der Waals surface area contributed by atoms with Gasteiger partial charge in [0.25, 0.3) is 0 Å². The summed E-state index contributed by atoms with van der Waals surface area (Å²) in [7, 11) is 0. The molecular weight excluding hydrogens is 304 g/mol. The molecule has 0 bridgehead atoms. The minimum absolute atomic E-state index is 0.171. The van der Waals surface area contributed by atoms with Crippen LogP contribution in [-0.4, -0.2) is 23.8 Å². The fourth-order valence-corrected chi connectivity index (χ4v) is 2.43. The van der Waals surface area contributed by atoms with E-state index in [-0.39, 0.29) is 12.1 Å². The highest BCUT2D eigenvalue weighted by atomic mass is 16.5. The molecule has 24 heavy (non-hydrogen) atoms. The fourth-order valence-electron chi connectivity index (χ4n) is 2.43. The third-order valence-electron chi connectivity index (χ3n) is 3.54. The third-order valence-corrected chi connectivity index (χ3v) is 3.54. The van der Waals surface area contributed by atoms with Crippen molar-refractivity contribution in [1.29, 1.82) is 0 Å². The first-order valence-corrected chi connectivity index (χ1v) is 8.12. The first-order valence-electron chi connectivity index (χ1n) is 8.12. The lowest BCUT2D eigenvalue weighted by molar-refractivity contribution is 0.155. The molecule has 0 spiro atoms. The standard InChI is InChI=1S/C19H24N2O3/c1-3-24-17-11-7-10-16(13-17)21-19(23)20-14(2)12-18(22)15-8-5-4-6-9-15/h4-11,13-14,18,22H,3,12H2,1-2H3,(H2,20,21,23). The molecule has 0 aliphatic heterocycles. The van der Waals surface area contributed by atoms with E-state index >= 15 is 0 Å². The van der Waals surface area contributed by atoms with Gasteiger partial charge in [0, 0.05) is 17.8 Å². The van der Waals surface area contributed by atoms with E-state index in [9.17, 15) is 9.90 Å². The zero-order valence-electron chi connectivity index (χ0n) is 14.0. The Balaban J connectivity index is 1.84. The maximum absolute atomic E-state index is 12.1. The second-order valence-corrected chi connectivity index (χ2v) is 5.62. The summed E-state index contributed by atoms with van der Waals surface area (Å²) in [5, 5.41) is 15.8. The van der Waals surface area contributed by atoms with Gasteiger partial charge in [-0.3, -0.25) is 0 Å². The molecule has 2 unspecified atom stereocenters. The van der Waals surface area contributed by atoms with Gasteiger partial charge in [0.2, 0.25) is 0 Å². The molecule has 0 saturated heterocycles. The summed E-state index contributed by atoms with van der Waals surface area (Å²) in [6.45, 7) is 4.35. The number of benzene rings is 2. The van der Waals surface area contributed by atoms with E-state index in [0.29, 0.717) is 24.5 Å². The van der Waals surface area contributed by atoms with Gasteiger partial charge in [-0.2, -0.15) is 0 Å². The molecule has 0 fully saturated rings. The number of carbonyl (C=O) groups excluding carboxylic acids is 1. The second-order valence-electron chi connectivity index (χ2n) is 5.62. The zero-order valence-corrected chi connectivity index (χ0v) is 14.0. The van der Waals surface area contributed by atoms with Crippen LogP contribution in [0.3, 0.4) is 0 Å². The highest BCUT2D eigenvalue weighted by Crippen LogP contribution is 2.19. The summed E-state index contributed by atoms with van der Waals surface area (Å²) in [6.07, 6.45) is -0.168. The normalized spacial score (nSPS) is 13.0. The van der Waals surface area contributed by atoms with Gasteiger partial charge < -0.3 is 20.5 Å². The van der Waals surface area contributed by atoms with Gasteiger partial charge >= 0.3 is 6.03 Å². The average molecular weight is 328 g/mol. The number of urea groups is 1. The van der Waals surface area contributed by atoms with Crippen LogP contribution in [0.4, 0.5) is 10.5 Å². The summed E-state index contributed by atoms with van der Waals surface area (Å²) < 4.78 is 5.41. The number of nitrogens with one attached hydrogen (secondary N) is 2. The van der Waals surface area contributed by atoms with Crippen LogP contribution in [0.25, 0.3) is 0 Å². The Hall–Kier alpha value is -2.53. The smallest absolute Gasteiger partial charge is 0.319 e. The maximum atomic E-state index is 12.1. The number of anilines is 1. The number of carbonyl (C=O) groups is 1. The third kappa shape index (κ3) is 5.59. The Morgan fingerprint density at radius 3 is 2.62 bits per heavy atom. The molecule has 2 rings (SSSR count). The second kappa shape index (κ2) is 8.93. The highest BCUT2D eigenvalue weighted by Gasteiger charge is 2.14. The van der Waals surface area contributed by atoms with Crippen molar-refractivity contribution in [1.82, 2.24) is 5.32 Å². The van der Waals surface area contributed by atoms with Gasteiger partial charge in [-0.1, -0.05) is 36.4 Å². The SMILES string of the molecule is CCOc1cccc(NC(=O)NC(C)CC(O)c2ccccc2)c1. The van der Waals surface area contributed by atoms with Crippen molar-refractivity contribution < 1.29 is 14.6 Å². The molecule has 2 atom stereocenters. The summed E-state index contributed by atoms with van der Waals surface area (Å²) in [5.41, 5.74) is 1.50. The van der Waals surface area contributed by atoms with E-state index in [1.165, 1.54) is 0 Å². The minimum Gasteiger partial charge on any atom is -0.494 e. The van der Waals surface area contributed by atoms with Gasteiger partial charge in [0.15, 0.2) is 0 Å². The van der Waals surface area contributed by atoms with Crippen molar-refractivity contribution in [2.24, 2.45) is 0 Å². The predicted molar refractivity (Wildman–Crippen MR) is 95.2 cm³/mol. The molecule has 0 saturated carbocycles. The summed E-state index contributed by atoms with van der Waals surface area (Å²) in [4.78, 5) is 12.1. The number of amides is 2. The van der Waals surface area contributed by atoms with Crippen LogP contribution in [0.1, 0.15) is 31.9 Å². The molecule has 0 radical (unpaired) electrons. The van der Waals surface area contributed by atoms with E-state index in [1.807, 2.05) is 56.3 Å². The van der Waals surface area contributed by atoms with Crippen LogP contribution in [-0.2, 0) is 0 Å². The molecule has 0 heterocycles. The topological polar surface area (TPSA) is 70.6 Å². The van der Waals surface area contributed by atoms with E-state index in [0.717, 1.165) is 5.56 Å². The van der Waals surface area contributed by atoms with E-state index < -0.39 is 6.10 Å². The Bertz CT molecular complexity index is 646. The van der Waals surface area contributed by atoms with E-state index in [1.54, 1.807) is 12.1 Å². The molecule has 0 aliphatic carbocycles. The first-order chi connectivity index (χ1) is 11.6. The lowest BCUT2D eigenvalue weighted by Gasteiger charge is -2.18. The largest absolute Gasteiger partial charge is 0.494 e. The Kier molecular flexibility index (Phi) is 6.63. The molecule has 2 aromatic rings. The van der Waals surface area contributed by atoms with Crippen LogP contribution in [0.2, 0.25) is 0 Å². The minimum atomic E-state index is -0.609. The Labute approximate surface area is 142 Å². The van der Waals surface area contributed by atoms with Crippen molar-refractivity contribution in [3.05, 3.63) is 60.2 Å². The molecule has 0 aliphatic rings. The van der Waals surface area contributed by atoms with Gasteiger partial charge in [-0.25, -0.2) is 4.79 Å². The number of hydrogen-bond donors (Lipinski definition) is 3. The first kappa shape index (κ1) is 17.8. The van der Waals surface area contributed by atoms with Crippen LogP contribution in [0, 0.1) is 0 Å². The van der Waals surface area contributed by atoms with Gasteiger partial charge in [0.1, 0.15) is 5.75 Å². The summed E-state index contributed by atoms with van der Waals surface area (Å²) in [6, 6.07) is 16.2. The number of aliphatic hydroxyl groups excluding tert-OH is 1. The number of aliphatic hydroxyl groups is 1. The Morgan fingerprint density at radius 2 is 1.92 bits per heavy atom. The molecule has 2 amide bonds. The fraction of sp³-hybridized carbons (Fsp3) is 0.316. The molecule has 5 nitrogen and oxygen atoms in total. The van der Waals surface area contributed by atoms with Crippen molar-refractivity contribution in [3.8, 4) is 5.75 Å². The van der Waals surface area contributed by atoms with Gasteiger partial charge in [0.05, 0.1) is 12.7 Å². The number of ether oxygens (including phenoxy) is 1. The van der Waals surface area contributed by atoms with E-state index in [2.05, 4.69) is 10.6 Å². The van der Waals surface area contributed by atoms with Crippen molar-refractivity contribution >= 4 is 11.7 Å². The lowest BCUT2D eigenvalue weighted by atomic mass is 10.0. The van der Waals surface area contributed by atoms with Crippen molar-refractivity contribution in [2.75, 3.05) is 11.9 Å². The van der Waals surface area contributed by atoms with Gasteiger partial charge in [-0.15, -0.1) is 0 Å². The molecule has 5 heteroatoms. The maximum Gasteiger partial charge on any atom is 0.319 e. The predicted octanol–water partition coefficient (Wildman–Crippen LogP) is 3.72. The highest BCUT2D eigenvalue weighted by molar-refractivity contribution is 5.89. The van der Waals surface area contributed by atoms with Crippen molar-refractivity contribution in [2.45, 2.75) is 32.4 Å². The molecule has 0 aromatic heterocycles. The monoisotopic (exact) mass is 328 g/mol. The Morgan fingerprint density at radius 1 is 1.17 bits per heavy atom. The molecular formula is C19H24N2O3. The molecule has 128 valence electrons.